The average Bonchev–Trinajstić information content (AvgIpc) is 2.85. The van der Waals surface area contributed by atoms with E-state index in [-0.39, 0.29) is 5.75 Å². The van der Waals surface area contributed by atoms with E-state index in [1.807, 2.05) is 0 Å². The summed E-state index contributed by atoms with van der Waals surface area (Å²) in [6, 6.07) is 2.89. The highest BCUT2D eigenvalue weighted by molar-refractivity contribution is 7.13. The van der Waals surface area contributed by atoms with Gasteiger partial charge in [0, 0.05) is 17.6 Å². The zero-order valence-electron chi connectivity index (χ0n) is 9.89. The van der Waals surface area contributed by atoms with Crippen LogP contribution in [0.3, 0.4) is 0 Å². The van der Waals surface area contributed by atoms with Gasteiger partial charge in [0.1, 0.15) is 5.82 Å². The smallest absolute Gasteiger partial charge is 0.266 e. The lowest BCUT2D eigenvalue weighted by molar-refractivity contribution is -0.122. The molecule has 4 nitrogen and oxygen atoms in total. The maximum atomic E-state index is 13.3. The van der Waals surface area contributed by atoms with E-state index >= 15 is 0 Å². The number of nitrogens with zero attached hydrogens (tertiary/aromatic N) is 1. The molecule has 1 atom stereocenters. The van der Waals surface area contributed by atoms with Crippen LogP contribution in [0.15, 0.2) is 29.8 Å². The molecule has 0 aliphatic heterocycles. The molecule has 1 N–H and O–H groups in total. The van der Waals surface area contributed by atoms with Crippen molar-refractivity contribution in [3.63, 3.8) is 0 Å². The first-order chi connectivity index (χ1) is 9.06. The number of nitrogens with one attached hydrogen (secondary N) is 1. The first-order valence-corrected chi connectivity index (χ1v) is 6.26. The third-order valence-electron chi connectivity index (χ3n) is 2.23. The number of halogens is 2. The molecule has 0 unspecified atom stereocenters. The van der Waals surface area contributed by atoms with E-state index in [4.69, 9.17) is 4.74 Å². The second kappa shape index (κ2) is 5.75. The van der Waals surface area contributed by atoms with E-state index in [1.165, 1.54) is 18.3 Å². The molecular formula is C12H10F2N2O2S. The monoisotopic (exact) mass is 284 g/mol. The summed E-state index contributed by atoms with van der Waals surface area (Å²) in [7, 11) is 0. The number of hydrogen-bond acceptors (Lipinski definition) is 4. The van der Waals surface area contributed by atoms with Crippen molar-refractivity contribution < 1.29 is 18.3 Å². The van der Waals surface area contributed by atoms with Crippen molar-refractivity contribution >= 4 is 22.4 Å². The maximum absolute atomic E-state index is 13.3. The summed E-state index contributed by atoms with van der Waals surface area (Å²) in [4.78, 5) is 15.6. The van der Waals surface area contributed by atoms with Gasteiger partial charge in [-0.3, -0.25) is 10.1 Å². The van der Waals surface area contributed by atoms with Crippen LogP contribution < -0.4 is 10.1 Å². The minimum atomic E-state index is -0.927. The molecular weight excluding hydrogens is 274 g/mol. The summed E-state index contributed by atoms with van der Waals surface area (Å²) >= 11 is 1.26. The zero-order valence-corrected chi connectivity index (χ0v) is 10.7. The van der Waals surface area contributed by atoms with Gasteiger partial charge in [-0.15, -0.1) is 11.3 Å². The fourth-order valence-electron chi connectivity index (χ4n) is 1.31. The first kappa shape index (κ1) is 13.4. The third-order valence-corrected chi connectivity index (χ3v) is 2.92. The molecule has 0 bridgehead atoms. The number of carbonyl (C=O) groups is 1. The Morgan fingerprint density at radius 2 is 2.26 bits per heavy atom. The molecule has 1 amide bonds. The Bertz CT molecular complexity index is 575. The highest BCUT2D eigenvalue weighted by atomic mass is 32.1. The summed E-state index contributed by atoms with van der Waals surface area (Å²) in [5, 5.41) is 4.66. The number of aromatic nitrogens is 1. The minimum Gasteiger partial charge on any atom is -0.478 e. The van der Waals surface area contributed by atoms with E-state index in [0.717, 1.165) is 12.1 Å². The van der Waals surface area contributed by atoms with Gasteiger partial charge in [-0.1, -0.05) is 0 Å². The van der Waals surface area contributed by atoms with Crippen molar-refractivity contribution in [3.8, 4) is 5.75 Å². The van der Waals surface area contributed by atoms with Crippen molar-refractivity contribution in [1.82, 2.24) is 4.98 Å². The number of amides is 1. The summed E-state index contributed by atoms with van der Waals surface area (Å²) in [6.07, 6.45) is 0.620. The molecule has 0 saturated carbocycles. The number of anilines is 1. The molecule has 2 rings (SSSR count). The molecule has 1 aromatic heterocycles. The van der Waals surface area contributed by atoms with Crippen LogP contribution in [0.4, 0.5) is 13.9 Å². The number of rotatable bonds is 4. The Labute approximate surface area is 112 Å². The van der Waals surface area contributed by atoms with E-state index in [2.05, 4.69) is 10.3 Å². The van der Waals surface area contributed by atoms with Gasteiger partial charge in [-0.05, 0) is 19.1 Å². The first-order valence-electron chi connectivity index (χ1n) is 5.38. The molecule has 0 aliphatic carbocycles. The number of carbonyl (C=O) groups excluding carboxylic acids is 1. The minimum absolute atomic E-state index is 0.178. The zero-order chi connectivity index (χ0) is 13.8. The second-order valence-electron chi connectivity index (χ2n) is 3.66. The third kappa shape index (κ3) is 3.47. The van der Waals surface area contributed by atoms with Gasteiger partial charge < -0.3 is 4.74 Å². The molecule has 2 aromatic rings. The van der Waals surface area contributed by atoms with Crippen molar-refractivity contribution in [1.29, 1.82) is 0 Å². The maximum Gasteiger partial charge on any atom is 0.266 e. The predicted molar refractivity (Wildman–Crippen MR) is 67.2 cm³/mol. The molecule has 0 radical (unpaired) electrons. The summed E-state index contributed by atoms with van der Waals surface area (Å²) in [5.41, 5.74) is 0. The van der Waals surface area contributed by atoms with Gasteiger partial charge in [0.15, 0.2) is 22.8 Å². The molecule has 0 aliphatic rings. The van der Waals surface area contributed by atoms with Crippen LogP contribution in [0.5, 0.6) is 5.75 Å². The van der Waals surface area contributed by atoms with Gasteiger partial charge in [0.25, 0.3) is 5.91 Å². The molecule has 7 heteroatoms. The van der Waals surface area contributed by atoms with Crippen LogP contribution in [0, 0.1) is 11.6 Å². The summed E-state index contributed by atoms with van der Waals surface area (Å²) in [5.74, 6) is -2.19. The number of hydrogen-bond donors (Lipinski definition) is 1. The quantitative estimate of drug-likeness (QED) is 0.939. The molecule has 100 valence electrons. The van der Waals surface area contributed by atoms with Crippen LogP contribution >= 0.6 is 11.3 Å². The lowest BCUT2D eigenvalue weighted by Gasteiger charge is -2.14. The summed E-state index contributed by atoms with van der Waals surface area (Å²) in [6.45, 7) is 1.46. The van der Waals surface area contributed by atoms with Crippen molar-refractivity contribution in [2.24, 2.45) is 0 Å². The van der Waals surface area contributed by atoms with E-state index in [9.17, 15) is 13.6 Å². The van der Waals surface area contributed by atoms with Crippen molar-refractivity contribution in [2.45, 2.75) is 13.0 Å². The fraction of sp³-hybridized carbons (Fsp3) is 0.167. The molecule has 1 aromatic carbocycles. The number of thiazole rings is 1. The largest absolute Gasteiger partial charge is 0.478 e. The molecule has 1 heterocycles. The Morgan fingerprint density at radius 1 is 1.47 bits per heavy atom. The van der Waals surface area contributed by atoms with E-state index in [1.54, 1.807) is 11.6 Å². The van der Waals surface area contributed by atoms with Gasteiger partial charge in [-0.25, -0.2) is 13.8 Å². The van der Waals surface area contributed by atoms with Gasteiger partial charge >= 0.3 is 0 Å². The van der Waals surface area contributed by atoms with Crippen LogP contribution in [0.1, 0.15) is 6.92 Å². The molecule has 0 fully saturated rings. The number of benzene rings is 1. The van der Waals surface area contributed by atoms with Gasteiger partial charge in [0.2, 0.25) is 0 Å². The lowest BCUT2D eigenvalue weighted by atomic mass is 10.3. The Morgan fingerprint density at radius 3 is 2.89 bits per heavy atom. The predicted octanol–water partition coefficient (Wildman–Crippen LogP) is 2.83. The Balaban J connectivity index is 2.00. The average molecular weight is 284 g/mol. The van der Waals surface area contributed by atoms with Crippen LogP contribution in [0.2, 0.25) is 0 Å². The van der Waals surface area contributed by atoms with Gasteiger partial charge in [-0.2, -0.15) is 0 Å². The normalized spacial score (nSPS) is 11.9. The molecule has 0 saturated heterocycles. The Hall–Kier alpha value is -2.02. The van der Waals surface area contributed by atoms with E-state index in [0.29, 0.717) is 11.2 Å². The fourth-order valence-corrected chi connectivity index (χ4v) is 1.84. The summed E-state index contributed by atoms with van der Waals surface area (Å²) < 4.78 is 31.2. The highest BCUT2D eigenvalue weighted by Crippen LogP contribution is 2.19. The molecule has 0 spiro atoms. The van der Waals surface area contributed by atoms with Crippen LogP contribution in [-0.2, 0) is 4.79 Å². The SMILES string of the molecule is C[C@H](Oc1ccc(F)cc1F)C(=O)Nc1nccs1. The van der Waals surface area contributed by atoms with E-state index < -0.39 is 23.6 Å². The molecule has 19 heavy (non-hydrogen) atoms. The van der Waals surface area contributed by atoms with Crippen LogP contribution in [0.25, 0.3) is 0 Å². The lowest BCUT2D eigenvalue weighted by Crippen LogP contribution is -2.30. The topological polar surface area (TPSA) is 51.2 Å². The Kier molecular flexibility index (Phi) is 4.06. The highest BCUT2D eigenvalue weighted by Gasteiger charge is 2.17. The second-order valence-corrected chi connectivity index (χ2v) is 4.56. The van der Waals surface area contributed by atoms with Crippen molar-refractivity contribution in [3.05, 3.63) is 41.4 Å². The van der Waals surface area contributed by atoms with Crippen molar-refractivity contribution in [2.75, 3.05) is 5.32 Å². The van der Waals surface area contributed by atoms with Gasteiger partial charge in [0.05, 0.1) is 0 Å². The standard InChI is InChI=1S/C12H10F2N2O2S/c1-7(11(17)16-12-15-4-5-19-12)18-10-3-2-8(13)6-9(10)14/h2-7H,1H3,(H,15,16,17)/t7-/m0/s1. The van der Waals surface area contributed by atoms with Crippen LogP contribution in [-0.4, -0.2) is 17.0 Å². The number of ether oxygens (including phenoxy) is 1.